The van der Waals surface area contributed by atoms with Gasteiger partial charge in [-0.2, -0.15) is 5.10 Å². The van der Waals surface area contributed by atoms with Crippen LogP contribution in [0.4, 0.5) is 0 Å². The third kappa shape index (κ3) is 3.74. The van der Waals surface area contributed by atoms with Crippen LogP contribution in [0, 0.1) is 5.92 Å². The number of carbonyl (C=O) groups excluding carboxylic acids is 1. The van der Waals surface area contributed by atoms with Crippen LogP contribution in [-0.4, -0.2) is 50.9 Å². The highest BCUT2D eigenvalue weighted by atomic mass is 16.5. The molecule has 0 unspecified atom stereocenters. The molecule has 3 heterocycles. The summed E-state index contributed by atoms with van der Waals surface area (Å²) in [5.74, 6) is 0.765. The van der Waals surface area contributed by atoms with Gasteiger partial charge in [0.15, 0.2) is 0 Å². The predicted molar refractivity (Wildman–Crippen MR) is 93.1 cm³/mol. The number of amides is 1. The van der Waals surface area contributed by atoms with Crippen molar-refractivity contribution in [3.63, 3.8) is 0 Å². The van der Waals surface area contributed by atoms with E-state index in [1.165, 1.54) is 12.8 Å². The van der Waals surface area contributed by atoms with Crippen molar-refractivity contribution in [1.29, 1.82) is 0 Å². The third-order valence-electron chi connectivity index (χ3n) is 5.10. The van der Waals surface area contributed by atoms with E-state index in [1.54, 1.807) is 23.1 Å². The SMILES string of the molecule is Cn1cc(C[C@@H]2[C@H](OCC3CC3)CCN2C(=O)c2cccnc2)cn1. The molecule has 0 bridgehead atoms. The molecule has 132 valence electrons. The van der Waals surface area contributed by atoms with E-state index in [1.807, 2.05) is 30.4 Å². The van der Waals surface area contributed by atoms with Crippen molar-refractivity contribution in [2.45, 2.75) is 37.8 Å². The predicted octanol–water partition coefficient (Wildman–Crippen LogP) is 2.07. The van der Waals surface area contributed by atoms with Crippen molar-refractivity contribution in [3.05, 3.63) is 48.0 Å². The average Bonchev–Trinajstić information content (AvgIpc) is 3.25. The first kappa shape index (κ1) is 16.3. The second-order valence-electron chi connectivity index (χ2n) is 7.14. The van der Waals surface area contributed by atoms with E-state index < -0.39 is 0 Å². The molecule has 2 aliphatic rings. The fourth-order valence-corrected chi connectivity index (χ4v) is 3.53. The molecule has 25 heavy (non-hydrogen) atoms. The summed E-state index contributed by atoms with van der Waals surface area (Å²) in [5, 5.41) is 4.26. The van der Waals surface area contributed by atoms with Crippen LogP contribution in [0.3, 0.4) is 0 Å². The summed E-state index contributed by atoms with van der Waals surface area (Å²) in [5.41, 5.74) is 1.78. The van der Waals surface area contributed by atoms with E-state index in [4.69, 9.17) is 4.74 Å². The second kappa shape index (κ2) is 6.96. The second-order valence-corrected chi connectivity index (χ2v) is 7.14. The average molecular weight is 340 g/mol. The van der Waals surface area contributed by atoms with Crippen molar-refractivity contribution in [2.75, 3.05) is 13.2 Å². The molecule has 2 fully saturated rings. The molecule has 2 aromatic heterocycles. The fraction of sp³-hybridized carbons (Fsp3) is 0.526. The lowest BCUT2D eigenvalue weighted by atomic mass is 10.0. The molecule has 0 spiro atoms. The van der Waals surface area contributed by atoms with E-state index in [2.05, 4.69) is 10.1 Å². The normalized spacial score (nSPS) is 23.2. The Morgan fingerprint density at radius 2 is 2.20 bits per heavy atom. The Hall–Kier alpha value is -2.21. The van der Waals surface area contributed by atoms with Gasteiger partial charge in [0.25, 0.3) is 5.91 Å². The van der Waals surface area contributed by atoms with Gasteiger partial charge in [-0.05, 0) is 49.3 Å². The number of hydrogen-bond acceptors (Lipinski definition) is 4. The van der Waals surface area contributed by atoms with Gasteiger partial charge in [0, 0.05) is 38.8 Å². The monoisotopic (exact) mass is 340 g/mol. The van der Waals surface area contributed by atoms with Gasteiger partial charge in [0.2, 0.25) is 0 Å². The summed E-state index contributed by atoms with van der Waals surface area (Å²) < 4.78 is 8.00. The summed E-state index contributed by atoms with van der Waals surface area (Å²) >= 11 is 0. The summed E-state index contributed by atoms with van der Waals surface area (Å²) in [7, 11) is 1.91. The van der Waals surface area contributed by atoms with E-state index in [0.717, 1.165) is 37.5 Å². The van der Waals surface area contributed by atoms with Crippen molar-refractivity contribution in [2.24, 2.45) is 13.0 Å². The number of aryl methyl sites for hydroxylation is 1. The number of rotatable bonds is 6. The van der Waals surface area contributed by atoms with Gasteiger partial charge in [-0.25, -0.2) is 0 Å². The maximum atomic E-state index is 13.0. The molecule has 0 aromatic carbocycles. The largest absolute Gasteiger partial charge is 0.376 e. The highest BCUT2D eigenvalue weighted by molar-refractivity contribution is 5.94. The molecule has 1 aliphatic heterocycles. The number of aromatic nitrogens is 3. The summed E-state index contributed by atoms with van der Waals surface area (Å²) in [4.78, 5) is 19.0. The number of pyridine rings is 1. The fourth-order valence-electron chi connectivity index (χ4n) is 3.53. The molecule has 6 heteroatoms. The number of carbonyl (C=O) groups is 1. The van der Waals surface area contributed by atoms with Gasteiger partial charge in [-0.15, -0.1) is 0 Å². The molecule has 1 saturated heterocycles. The first-order valence-corrected chi connectivity index (χ1v) is 9.01. The molecular formula is C19H24N4O2. The number of nitrogens with zero attached hydrogens (tertiary/aromatic N) is 4. The molecular weight excluding hydrogens is 316 g/mol. The Kier molecular flexibility index (Phi) is 4.53. The van der Waals surface area contributed by atoms with Crippen LogP contribution < -0.4 is 0 Å². The van der Waals surface area contributed by atoms with Crippen molar-refractivity contribution < 1.29 is 9.53 Å². The van der Waals surface area contributed by atoms with Crippen LogP contribution in [0.15, 0.2) is 36.9 Å². The lowest BCUT2D eigenvalue weighted by molar-refractivity contribution is 0.0200. The summed E-state index contributed by atoms with van der Waals surface area (Å²) in [6.45, 7) is 1.55. The van der Waals surface area contributed by atoms with Gasteiger partial charge in [-0.1, -0.05) is 0 Å². The maximum absolute atomic E-state index is 13.0. The summed E-state index contributed by atoms with van der Waals surface area (Å²) in [6.07, 6.45) is 11.5. The van der Waals surface area contributed by atoms with Crippen molar-refractivity contribution in [1.82, 2.24) is 19.7 Å². The van der Waals surface area contributed by atoms with Gasteiger partial charge in [0.1, 0.15) is 0 Å². The lowest BCUT2D eigenvalue weighted by Crippen LogP contribution is -2.42. The van der Waals surface area contributed by atoms with Crippen LogP contribution in [0.2, 0.25) is 0 Å². The van der Waals surface area contributed by atoms with Crippen LogP contribution >= 0.6 is 0 Å². The molecule has 2 aromatic rings. The van der Waals surface area contributed by atoms with Gasteiger partial charge < -0.3 is 9.64 Å². The summed E-state index contributed by atoms with van der Waals surface area (Å²) in [6, 6.07) is 3.69. The quantitative estimate of drug-likeness (QED) is 0.808. The van der Waals surface area contributed by atoms with Crippen LogP contribution in [-0.2, 0) is 18.2 Å². The molecule has 1 aliphatic carbocycles. The first-order chi connectivity index (χ1) is 12.2. The highest BCUT2D eigenvalue weighted by Crippen LogP contribution is 2.32. The Balaban J connectivity index is 1.52. The Labute approximate surface area is 147 Å². The smallest absolute Gasteiger partial charge is 0.255 e. The van der Waals surface area contributed by atoms with Crippen LogP contribution in [0.25, 0.3) is 0 Å². The van der Waals surface area contributed by atoms with Gasteiger partial charge >= 0.3 is 0 Å². The zero-order chi connectivity index (χ0) is 17.2. The molecule has 2 atom stereocenters. The zero-order valence-electron chi connectivity index (χ0n) is 14.5. The minimum absolute atomic E-state index is 0.0412. The molecule has 1 saturated carbocycles. The van der Waals surface area contributed by atoms with E-state index in [9.17, 15) is 4.79 Å². The molecule has 0 N–H and O–H groups in total. The number of likely N-dealkylation sites (tertiary alicyclic amines) is 1. The topological polar surface area (TPSA) is 60.2 Å². The molecule has 6 nitrogen and oxygen atoms in total. The molecule has 1 amide bonds. The molecule has 0 radical (unpaired) electrons. The van der Waals surface area contributed by atoms with E-state index in [0.29, 0.717) is 5.56 Å². The minimum atomic E-state index is 0.0412. The van der Waals surface area contributed by atoms with E-state index in [-0.39, 0.29) is 18.1 Å². The Bertz CT molecular complexity index is 726. The van der Waals surface area contributed by atoms with Gasteiger partial charge in [-0.3, -0.25) is 14.5 Å². The minimum Gasteiger partial charge on any atom is -0.376 e. The van der Waals surface area contributed by atoms with Crippen LogP contribution in [0.5, 0.6) is 0 Å². The van der Waals surface area contributed by atoms with E-state index >= 15 is 0 Å². The first-order valence-electron chi connectivity index (χ1n) is 9.01. The van der Waals surface area contributed by atoms with Gasteiger partial charge in [0.05, 0.1) is 23.9 Å². The number of ether oxygens (including phenoxy) is 1. The maximum Gasteiger partial charge on any atom is 0.255 e. The standard InChI is InChI=1S/C19H24N4O2/c1-22-12-15(10-21-22)9-17-18(25-13-14-4-5-14)6-8-23(17)19(24)16-3-2-7-20-11-16/h2-3,7,10-12,14,17-18H,4-6,8-9,13H2,1H3/t17-,18-/m1/s1. The van der Waals surface area contributed by atoms with Crippen LogP contribution in [0.1, 0.15) is 35.2 Å². The van der Waals surface area contributed by atoms with Crippen molar-refractivity contribution >= 4 is 5.91 Å². The van der Waals surface area contributed by atoms with Crippen molar-refractivity contribution in [3.8, 4) is 0 Å². The Morgan fingerprint density at radius 3 is 2.88 bits per heavy atom. The lowest BCUT2D eigenvalue weighted by Gasteiger charge is -2.28. The molecule has 4 rings (SSSR count). The Morgan fingerprint density at radius 1 is 1.32 bits per heavy atom. The number of hydrogen-bond donors (Lipinski definition) is 0. The highest BCUT2D eigenvalue weighted by Gasteiger charge is 2.39. The third-order valence-corrected chi connectivity index (χ3v) is 5.10. The zero-order valence-corrected chi connectivity index (χ0v) is 14.5.